The van der Waals surface area contributed by atoms with Gasteiger partial charge in [-0.25, -0.2) is 4.98 Å². The van der Waals surface area contributed by atoms with E-state index < -0.39 is 4.92 Å². The van der Waals surface area contributed by atoms with Crippen molar-refractivity contribution in [2.24, 2.45) is 0 Å². The van der Waals surface area contributed by atoms with Crippen molar-refractivity contribution >= 4 is 5.88 Å². The van der Waals surface area contributed by atoms with Crippen LogP contribution in [0.2, 0.25) is 0 Å². The predicted octanol–water partition coefficient (Wildman–Crippen LogP) is 3.35. The Morgan fingerprint density at radius 3 is 2.84 bits per heavy atom. The Morgan fingerprint density at radius 2 is 2.21 bits per heavy atom. The quantitative estimate of drug-likeness (QED) is 0.609. The number of furan rings is 1. The molecular weight excluding hydrogens is 248 g/mol. The highest BCUT2D eigenvalue weighted by Gasteiger charge is 2.14. The maximum absolute atomic E-state index is 10.6. The van der Waals surface area contributed by atoms with E-state index in [9.17, 15) is 10.1 Å². The maximum atomic E-state index is 10.6. The molecular formula is C13H14N2O4. The zero-order valence-corrected chi connectivity index (χ0v) is 10.8. The Hall–Kier alpha value is -2.37. The fourth-order valence-electron chi connectivity index (χ4n) is 1.64. The van der Waals surface area contributed by atoms with Crippen molar-refractivity contribution in [3.8, 4) is 17.2 Å². The standard InChI is InChI=1S/C13H14N2O4/c1-3-6-18-12-8-10(7-9(2)14-12)11-4-5-13(19-11)15(16)17/h4-5,7-8H,3,6H2,1-2H3. The van der Waals surface area contributed by atoms with Crippen molar-refractivity contribution in [3.63, 3.8) is 0 Å². The molecule has 0 saturated heterocycles. The van der Waals surface area contributed by atoms with Crippen LogP contribution in [-0.2, 0) is 0 Å². The Kier molecular flexibility index (Phi) is 3.79. The van der Waals surface area contributed by atoms with Gasteiger partial charge < -0.3 is 9.15 Å². The third-order valence-electron chi connectivity index (χ3n) is 2.44. The predicted molar refractivity (Wildman–Crippen MR) is 69.1 cm³/mol. The van der Waals surface area contributed by atoms with E-state index >= 15 is 0 Å². The number of rotatable bonds is 5. The average molecular weight is 262 g/mol. The molecule has 0 saturated carbocycles. The van der Waals surface area contributed by atoms with Gasteiger partial charge in [0, 0.05) is 17.3 Å². The minimum atomic E-state index is -0.563. The van der Waals surface area contributed by atoms with Gasteiger partial charge in [-0.05, 0) is 25.5 Å². The van der Waals surface area contributed by atoms with Crippen LogP contribution < -0.4 is 4.74 Å². The second-order valence-electron chi connectivity index (χ2n) is 4.08. The lowest BCUT2D eigenvalue weighted by molar-refractivity contribution is -0.401. The van der Waals surface area contributed by atoms with Crippen molar-refractivity contribution in [1.82, 2.24) is 4.98 Å². The molecule has 0 amide bonds. The van der Waals surface area contributed by atoms with E-state index in [1.165, 1.54) is 6.07 Å². The van der Waals surface area contributed by atoms with Crippen LogP contribution in [0.15, 0.2) is 28.7 Å². The number of hydrogen-bond donors (Lipinski definition) is 0. The minimum absolute atomic E-state index is 0.277. The molecule has 2 aromatic rings. The first-order valence-electron chi connectivity index (χ1n) is 5.96. The molecule has 0 radical (unpaired) electrons. The minimum Gasteiger partial charge on any atom is -0.478 e. The van der Waals surface area contributed by atoms with E-state index in [-0.39, 0.29) is 5.88 Å². The smallest absolute Gasteiger partial charge is 0.433 e. The van der Waals surface area contributed by atoms with Gasteiger partial charge in [0.25, 0.3) is 0 Å². The number of aryl methyl sites for hydroxylation is 1. The van der Waals surface area contributed by atoms with E-state index in [0.717, 1.165) is 12.1 Å². The summed E-state index contributed by atoms with van der Waals surface area (Å²) in [7, 11) is 0. The van der Waals surface area contributed by atoms with Crippen molar-refractivity contribution in [2.75, 3.05) is 6.61 Å². The molecule has 0 atom stereocenters. The summed E-state index contributed by atoms with van der Waals surface area (Å²) >= 11 is 0. The Bertz CT molecular complexity index is 592. The first kappa shape index (κ1) is 13.1. The van der Waals surface area contributed by atoms with Crippen molar-refractivity contribution in [1.29, 1.82) is 0 Å². The van der Waals surface area contributed by atoms with Crippen LogP contribution in [0.25, 0.3) is 11.3 Å². The third kappa shape index (κ3) is 3.09. The molecule has 0 aliphatic carbocycles. The first-order valence-corrected chi connectivity index (χ1v) is 5.96. The lowest BCUT2D eigenvalue weighted by atomic mass is 10.2. The summed E-state index contributed by atoms with van der Waals surface area (Å²) in [5.41, 5.74) is 1.48. The topological polar surface area (TPSA) is 78.4 Å². The molecule has 6 nitrogen and oxygen atoms in total. The fraction of sp³-hybridized carbons (Fsp3) is 0.308. The van der Waals surface area contributed by atoms with E-state index in [0.29, 0.717) is 23.8 Å². The van der Waals surface area contributed by atoms with Crippen LogP contribution in [0, 0.1) is 17.0 Å². The molecule has 2 aromatic heterocycles. The molecule has 0 unspecified atom stereocenters. The van der Waals surface area contributed by atoms with Gasteiger partial charge in [-0.15, -0.1) is 0 Å². The van der Waals surface area contributed by atoms with Gasteiger partial charge in [-0.1, -0.05) is 6.92 Å². The van der Waals surface area contributed by atoms with Gasteiger partial charge in [0.2, 0.25) is 5.88 Å². The molecule has 0 aliphatic heterocycles. The molecule has 100 valence electrons. The third-order valence-corrected chi connectivity index (χ3v) is 2.44. The summed E-state index contributed by atoms with van der Waals surface area (Å²) in [5.74, 6) is 0.648. The van der Waals surface area contributed by atoms with Gasteiger partial charge in [0.05, 0.1) is 12.7 Å². The molecule has 2 heterocycles. The van der Waals surface area contributed by atoms with Gasteiger partial charge in [-0.3, -0.25) is 10.1 Å². The molecule has 0 aromatic carbocycles. The monoisotopic (exact) mass is 262 g/mol. The molecule has 0 N–H and O–H groups in total. The van der Waals surface area contributed by atoms with Gasteiger partial charge >= 0.3 is 5.88 Å². The summed E-state index contributed by atoms with van der Waals surface area (Å²) < 4.78 is 10.6. The average Bonchev–Trinajstić information content (AvgIpc) is 2.85. The number of ether oxygens (including phenoxy) is 1. The summed E-state index contributed by atoms with van der Waals surface area (Å²) in [6.07, 6.45) is 0.886. The number of pyridine rings is 1. The van der Waals surface area contributed by atoms with Crippen molar-refractivity contribution < 1.29 is 14.1 Å². The van der Waals surface area contributed by atoms with Crippen LogP contribution in [0.5, 0.6) is 5.88 Å². The zero-order valence-electron chi connectivity index (χ0n) is 10.8. The highest BCUT2D eigenvalue weighted by atomic mass is 16.6. The number of nitro groups is 1. The second kappa shape index (κ2) is 5.51. The molecule has 0 bridgehead atoms. The molecule has 0 spiro atoms. The van der Waals surface area contributed by atoms with Crippen LogP contribution >= 0.6 is 0 Å². The van der Waals surface area contributed by atoms with E-state index in [1.54, 1.807) is 18.2 Å². The molecule has 6 heteroatoms. The molecule has 2 rings (SSSR count). The molecule has 0 aliphatic rings. The van der Waals surface area contributed by atoms with Gasteiger partial charge in [-0.2, -0.15) is 0 Å². The lowest BCUT2D eigenvalue weighted by Crippen LogP contribution is -1.98. The summed E-state index contributed by atoms with van der Waals surface area (Å²) in [4.78, 5) is 14.3. The van der Waals surface area contributed by atoms with Crippen LogP contribution in [-0.4, -0.2) is 16.5 Å². The Labute approximate surface area is 110 Å². The highest BCUT2D eigenvalue weighted by Crippen LogP contribution is 2.28. The van der Waals surface area contributed by atoms with Gasteiger partial charge in [0.15, 0.2) is 0 Å². The molecule has 0 fully saturated rings. The lowest BCUT2D eigenvalue weighted by Gasteiger charge is -2.06. The van der Waals surface area contributed by atoms with Crippen LogP contribution in [0.4, 0.5) is 5.88 Å². The second-order valence-corrected chi connectivity index (χ2v) is 4.08. The van der Waals surface area contributed by atoms with Crippen molar-refractivity contribution in [2.45, 2.75) is 20.3 Å². The number of nitrogens with zero attached hydrogens (tertiary/aromatic N) is 2. The number of hydrogen-bond acceptors (Lipinski definition) is 5. The summed E-state index contributed by atoms with van der Waals surface area (Å²) in [6, 6.07) is 6.40. The van der Waals surface area contributed by atoms with Gasteiger partial charge in [0.1, 0.15) is 10.7 Å². The van der Waals surface area contributed by atoms with Crippen molar-refractivity contribution in [3.05, 3.63) is 40.1 Å². The molecule has 19 heavy (non-hydrogen) atoms. The maximum Gasteiger partial charge on any atom is 0.433 e. The van der Waals surface area contributed by atoms with E-state index in [2.05, 4.69) is 4.98 Å². The zero-order chi connectivity index (χ0) is 13.8. The fourth-order valence-corrected chi connectivity index (χ4v) is 1.64. The highest BCUT2D eigenvalue weighted by molar-refractivity contribution is 5.60. The SMILES string of the molecule is CCCOc1cc(-c2ccc([N+](=O)[O-])o2)cc(C)n1. The first-order chi connectivity index (χ1) is 9.10. The Morgan fingerprint density at radius 1 is 1.42 bits per heavy atom. The normalized spacial score (nSPS) is 10.4. The summed E-state index contributed by atoms with van der Waals surface area (Å²) in [5, 5.41) is 10.6. The van der Waals surface area contributed by atoms with Crippen LogP contribution in [0.1, 0.15) is 19.0 Å². The summed E-state index contributed by atoms with van der Waals surface area (Å²) in [6.45, 7) is 4.42. The van der Waals surface area contributed by atoms with E-state index in [1.807, 2.05) is 13.8 Å². The number of aromatic nitrogens is 1. The van der Waals surface area contributed by atoms with E-state index in [4.69, 9.17) is 9.15 Å². The van der Waals surface area contributed by atoms with Crippen LogP contribution in [0.3, 0.4) is 0 Å². The Balaban J connectivity index is 2.32. The largest absolute Gasteiger partial charge is 0.478 e.